The number of thiocarbonyl (C=S) groups is 2. The first-order valence-corrected chi connectivity index (χ1v) is 6.34. The standard InChI is InChI=1S/C10H18N2O2S2/c1-3-13-9(15)11-5-7-12(8-6-11)10(16)14-4-2/h3-8H2,1-2H3. The van der Waals surface area contributed by atoms with E-state index in [4.69, 9.17) is 33.9 Å². The van der Waals surface area contributed by atoms with Crippen molar-refractivity contribution in [3.05, 3.63) is 0 Å². The fourth-order valence-corrected chi connectivity index (χ4v) is 2.10. The number of piperazine rings is 1. The van der Waals surface area contributed by atoms with Crippen LogP contribution < -0.4 is 0 Å². The van der Waals surface area contributed by atoms with Crippen molar-refractivity contribution < 1.29 is 9.47 Å². The second-order valence-corrected chi connectivity index (χ2v) is 4.07. The van der Waals surface area contributed by atoms with Crippen LogP contribution in [0, 0.1) is 0 Å². The molecule has 1 rings (SSSR count). The summed E-state index contributed by atoms with van der Waals surface area (Å²) in [7, 11) is 0. The quantitative estimate of drug-likeness (QED) is 0.695. The van der Waals surface area contributed by atoms with Crippen molar-refractivity contribution in [1.82, 2.24) is 9.80 Å². The Kier molecular flexibility index (Phi) is 5.76. The molecule has 0 aromatic carbocycles. The van der Waals surface area contributed by atoms with Gasteiger partial charge in [-0.15, -0.1) is 0 Å². The summed E-state index contributed by atoms with van der Waals surface area (Å²) in [4.78, 5) is 4.12. The zero-order chi connectivity index (χ0) is 12.0. The predicted molar refractivity (Wildman–Crippen MR) is 71.6 cm³/mol. The van der Waals surface area contributed by atoms with Crippen LogP contribution in [0.5, 0.6) is 0 Å². The van der Waals surface area contributed by atoms with Gasteiger partial charge in [-0.1, -0.05) is 0 Å². The number of rotatable bonds is 2. The number of ether oxygens (including phenoxy) is 2. The summed E-state index contributed by atoms with van der Waals surface area (Å²) in [6.07, 6.45) is 0. The smallest absolute Gasteiger partial charge is 0.259 e. The second kappa shape index (κ2) is 6.85. The van der Waals surface area contributed by atoms with Gasteiger partial charge >= 0.3 is 0 Å². The van der Waals surface area contributed by atoms with Crippen molar-refractivity contribution in [2.24, 2.45) is 0 Å². The van der Waals surface area contributed by atoms with Crippen LogP contribution in [-0.4, -0.2) is 59.5 Å². The van der Waals surface area contributed by atoms with Crippen LogP contribution in [-0.2, 0) is 9.47 Å². The largest absolute Gasteiger partial charge is 0.471 e. The Morgan fingerprint density at radius 2 is 1.19 bits per heavy atom. The Morgan fingerprint density at radius 1 is 0.875 bits per heavy atom. The molecule has 1 saturated heterocycles. The van der Waals surface area contributed by atoms with Crippen LogP contribution in [0.1, 0.15) is 13.8 Å². The molecule has 6 heteroatoms. The van der Waals surface area contributed by atoms with E-state index in [0.29, 0.717) is 23.6 Å². The summed E-state index contributed by atoms with van der Waals surface area (Å²) in [5.41, 5.74) is 0. The molecule has 16 heavy (non-hydrogen) atoms. The topological polar surface area (TPSA) is 24.9 Å². The number of hydrogen-bond acceptors (Lipinski definition) is 4. The molecule has 0 amide bonds. The number of hydrogen-bond donors (Lipinski definition) is 0. The lowest BCUT2D eigenvalue weighted by Gasteiger charge is -2.36. The molecule has 0 aromatic rings. The summed E-state index contributed by atoms with van der Waals surface area (Å²) >= 11 is 10.3. The van der Waals surface area contributed by atoms with Gasteiger partial charge in [0, 0.05) is 26.2 Å². The lowest BCUT2D eigenvalue weighted by molar-refractivity contribution is 0.176. The first kappa shape index (κ1) is 13.4. The van der Waals surface area contributed by atoms with Crippen LogP contribution >= 0.6 is 24.4 Å². The summed E-state index contributed by atoms with van der Waals surface area (Å²) in [5.74, 6) is 0. The lowest BCUT2D eigenvalue weighted by atomic mass is 10.3. The molecule has 0 atom stereocenters. The Bertz CT molecular complexity index is 227. The van der Waals surface area contributed by atoms with Crippen LogP contribution in [0.15, 0.2) is 0 Å². The summed E-state index contributed by atoms with van der Waals surface area (Å²) in [6, 6.07) is 0. The van der Waals surface area contributed by atoms with E-state index in [1.807, 2.05) is 13.8 Å². The molecule has 1 heterocycles. The van der Waals surface area contributed by atoms with E-state index in [1.165, 1.54) is 0 Å². The van der Waals surface area contributed by atoms with Gasteiger partial charge in [-0.2, -0.15) is 0 Å². The highest BCUT2D eigenvalue weighted by Crippen LogP contribution is 2.05. The van der Waals surface area contributed by atoms with E-state index >= 15 is 0 Å². The molecule has 0 radical (unpaired) electrons. The summed E-state index contributed by atoms with van der Waals surface area (Å²) in [5, 5.41) is 1.17. The maximum absolute atomic E-state index is 5.30. The van der Waals surface area contributed by atoms with E-state index in [9.17, 15) is 0 Å². The average molecular weight is 262 g/mol. The second-order valence-electron chi connectivity index (χ2n) is 3.37. The van der Waals surface area contributed by atoms with Crippen LogP contribution in [0.3, 0.4) is 0 Å². The summed E-state index contributed by atoms with van der Waals surface area (Å²) in [6.45, 7) is 8.47. The van der Waals surface area contributed by atoms with Gasteiger partial charge in [-0.05, 0) is 38.3 Å². The zero-order valence-corrected chi connectivity index (χ0v) is 11.4. The molecule has 0 bridgehead atoms. The highest BCUT2D eigenvalue weighted by molar-refractivity contribution is 7.80. The zero-order valence-electron chi connectivity index (χ0n) is 9.77. The summed E-state index contributed by atoms with van der Waals surface area (Å²) < 4.78 is 10.6. The van der Waals surface area contributed by atoms with Crippen molar-refractivity contribution in [3.8, 4) is 0 Å². The molecule has 0 saturated carbocycles. The van der Waals surface area contributed by atoms with Gasteiger partial charge in [-0.3, -0.25) is 0 Å². The molecule has 1 aliphatic heterocycles. The third kappa shape index (κ3) is 3.75. The number of nitrogens with zero attached hydrogens (tertiary/aromatic N) is 2. The first-order valence-electron chi connectivity index (χ1n) is 5.52. The Morgan fingerprint density at radius 3 is 1.44 bits per heavy atom. The highest BCUT2D eigenvalue weighted by Gasteiger charge is 2.21. The van der Waals surface area contributed by atoms with E-state index < -0.39 is 0 Å². The Hall–Kier alpha value is -0.620. The van der Waals surface area contributed by atoms with Gasteiger partial charge in [0.15, 0.2) is 0 Å². The lowest BCUT2D eigenvalue weighted by Crippen LogP contribution is -2.50. The van der Waals surface area contributed by atoms with Crippen LogP contribution in [0.4, 0.5) is 0 Å². The van der Waals surface area contributed by atoms with Gasteiger partial charge in [0.2, 0.25) is 0 Å². The predicted octanol–water partition coefficient (Wildman–Crippen LogP) is 1.25. The van der Waals surface area contributed by atoms with Gasteiger partial charge in [0.1, 0.15) is 0 Å². The SMILES string of the molecule is CCOC(=S)N1CCN(C(=S)OCC)CC1. The first-order chi connectivity index (χ1) is 7.69. The molecule has 1 fully saturated rings. The van der Waals surface area contributed by atoms with Gasteiger partial charge < -0.3 is 19.3 Å². The average Bonchev–Trinajstić information content (AvgIpc) is 2.30. The minimum absolute atomic E-state index is 0.587. The molecule has 0 aromatic heterocycles. The third-order valence-electron chi connectivity index (χ3n) is 2.33. The van der Waals surface area contributed by atoms with E-state index in [2.05, 4.69) is 9.80 Å². The third-order valence-corrected chi connectivity index (χ3v) is 3.08. The van der Waals surface area contributed by atoms with Gasteiger partial charge in [0.05, 0.1) is 13.2 Å². The Labute approximate surface area is 107 Å². The fraction of sp³-hybridized carbons (Fsp3) is 0.800. The van der Waals surface area contributed by atoms with Gasteiger partial charge in [0.25, 0.3) is 10.3 Å². The van der Waals surface area contributed by atoms with Crippen molar-refractivity contribution in [2.75, 3.05) is 39.4 Å². The minimum Gasteiger partial charge on any atom is -0.471 e. The van der Waals surface area contributed by atoms with E-state index in [1.54, 1.807) is 0 Å². The molecule has 0 aliphatic carbocycles. The minimum atomic E-state index is 0.587. The van der Waals surface area contributed by atoms with Crippen molar-refractivity contribution in [3.63, 3.8) is 0 Å². The molecule has 1 aliphatic rings. The van der Waals surface area contributed by atoms with Crippen molar-refractivity contribution >= 4 is 34.8 Å². The molecular formula is C10H18N2O2S2. The molecule has 0 spiro atoms. The molecule has 0 N–H and O–H groups in total. The van der Waals surface area contributed by atoms with Crippen molar-refractivity contribution in [2.45, 2.75) is 13.8 Å². The van der Waals surface area contributed by atoms with E-state index in [-0.39, 0.29) is 0 Å². The van der Waals surface area contributed by atoms with Crippen molar-refractivity contribution in [1.29, 1.82) is 0 Å². The fourth-order valence-electron chi connectivity index (χ4n) is 1.50. The molecule has 92 valence electrons. The molecule has 4 nitrogen and oxygen atoms in total. The maximum Gasteiger partial charge on any atom is 0.259 e. The van der Waals surface area contributed by atoms with E-state index in [0.717, 1.165) is 26.2 Å². The molecular weight excluding hydrogens is 244 g/mol. The Balaban J connectivity index is 2.33. The normalized spacial score (nSPS) is 15.9. The van der Waals surface area contributed by atoms with Crippen LogP contribution in [0.2, 0.25) is 0 Å². The van der Waals surface area contributed by atoms with Gasteiger partial charge in [-0.25, -0.2) is 0 Å². The van der Waals surface area contributed by atoms with Crippen LogP contribution in [0.25, 0.3) is 0 Å². The highest BCUT2D eigenvalue weighted by atomic mass is 32.1. The molecule has 0 unspecified atom stereocenters. The maximum atomic E-state index is 5.30. The monoisotopic (exact) mass is 262 g/mol.